The minimum Gasteiger partial charge on any atom is -0.381 e. The van der Waals surface area contributed by atoms with E-state index in [9.17, 15) is 22.8 Å². The summed E-state index contributed by atoms with van der Waals surface area (Å²) in [6, 6.07) is 26.9. The molecule has 0 aliphatic rings. The van der Waals surface area contributed by atoms with Crippen molar-refractivity contribution < 1.29 is 22.8 Å². The molecule has 0 unspecified atom stereocenters. The van der Waals surface area contributed by atoms with Gasteiger partial charge in [-0.05, 0) is 54.1 Å². The molecule has 5 rings (SSSR count). The van der Waals surface area contributed by atoms with E-state index in [4.69, 9.17) is 5.73 Å². The molecule has 3 N–H and O–H groups in total. The first-order valence-corrected chi connectivity index (χ1v) is 13.0. The van der Waals surface area contributed by atoms with Crippen molar-refractivity contribution in [3.63, 3.8) is 0 Å². The number of aromatic nitrogens is 1. The fourth-order valence-corrected chi connectivity index (χ4v) is 4.77. The van der Waals surface area contributed by atoms with E-state index in [0.29, 0.717) is 28.8 Å². The minimum absolute atomic E-state index is 0.0223. The van der Waals surface area contributed by atoms with Crippen LogP contribution in [0.5, 0.6) is 0 Å². The van der Waals surface area contributed by atoms with Crippen molar-refractivity contribution in [3.8, 4) is 11.1 Å². The van der Waals surface area contributed by atoms with Gasteiger partial charge in [-0.3, -0.25) is 14.6 Å². The number of nitrogens with one attached hydrogen (secondary N) is 1. The van der Waals surface area contributed by atoms with Crippen LogP contribution in [0.15, 0.2) is 103 Å². The van der Waals surface area contributed by atoms with Gasteiger partial charge in [0.1, 0.15) is 0 Å². The van der Waals surface area contributed by atoms with Crippen molar-refractivity contribution in [1.82, 2.24) is 4.98 Å². The summed E-state index contributed by atoms with van der Waals surface area (Å²) >= 11 is 0. The van der Waals surface area contributed by atoms with E-state index < -0.39 is 11.7 Å². The Balaban J connectivity index is 1.54. The molecular weight excluding hydrogens is 527 g/mol. The van der Waals surface area contributed by atoms with Crippen LogP contribution in [0.1, 0.15) is 43.8 Å². The zero-order valence-corrected chi connectivity index (χ0v) is 21.9. The molecule has 0 spiro atoms. The Morgan fingerprint density at radius 3 is 2.27 bits per heavy atom. The molecule has 1 aromatic heterocycles. The molecule has 8 heteroatoms. The highest BCUT2D eigenvalue weighted by molar-refractivity contribution is 6.16. The summed E-state index contributed by atoms with van der Waals surface area (Å²) in [6.45, 7) is 0.695. The van der Waals surface area contributed by atoms with E-state index in [1.54, 1.807) is 72.8 Å². The van der Waals surface area contributed by atoms with Gasteiger partial charge in [0, 0.05) is 52.5 Å². The second kappa shape index (κ2) is 11.7. The first kappa shape index (κ1) is 27.7. The largest absolute Gasteiger partial charge is 0.418 e. The maximum atomic E-state index is 13.9. The first-order valence-electron chi connectivity index (χ1n) is 13.0. The maximum absolute atomic E-state index is 13.9. The highest BCUT2D eigenvalue weighted by atomic mass is 19.4. The highest BCUT2D eigenvalue weighted by Gasteiger charge is 2.34. The molecule has 0 amide bonds. The topological polar surface area (TPSA) is 85.1 Å². The Kier molecular flexibility index (Phi) is 7.94. The summed E-state index contributed by atoms with van der Waals surface area (Å²) in [5.74, 6) is -0.355. The van der Waals surface area contributed by atoms with Crippen LogP contribution in [0.3, 0.4) is 0 Å². The monoisotopic (exact) mass is 553 g/mol. The van der Waals surface area contributed by atoms with Crippen LogP contribution in [-0.4, -0.2) is 23.1 Å². The van der Waals surface area contributed by atoms with Crippen LogP contribution in [0.4, 0.5) is 18.9 Å². The number of alkyl halides is 3. The second-order valence-electron chi connectivity index (χ2n) is 9.53. The summed E-state index contributed by atoms with van der Waals surface area (Å²) in [5.41, 5.74) is 8.23. The number of nitrogens with zero attached hydrogens (tertiary/aromatic N) is 1. The van der Waals surface area contributed by atoms with Gasteiger partial charge in [0.05, 0.1) is 11.1 Å². The van der Waals surface area contributed by atoms with Gasteiger partial charge in [0.2, 0.25) is 0 Å². The number of para-hydroxylation sites is 1. The van der Waals surface area contributed by atoms with Crippen molar-refractivity contribution in [3.05, 3.63) is 131 Å². The fraction of sp³-hybridized carbons (Fsp3) is 0.121. The molecule has 0 aliphatic carbocycles. The third kappa shape index (κ3) is 6.02. The van der Waals surface area contributed by atoms with Crippen molar-refractivity contribution in [2.75, 3.05) is 11.9 Å². The zero-order valence-electron chi connectivity index (χ0n) is 21.9. The average Bonchev–Trinajstić information content (AvgIpc) is 2.99. The van der Waals surface area contributed by atoms with E-state index in [0.717, 1.165) is 17.3 Å². The van der Waals surface area contributed by atoms with Gasteiger partial charge in [0.15, 0.2) is 11.6 Å². The predicted molar refractivity (Wildman–Crippen MR) is 154 cm³/mol. The molecule has 4 aromatic carbocycles. The summed E-state index contributed by atoms with van der Waals surface area (Å²) in [4.78, 5) is 29.7. The average molecular weight is 554 g/mol. The molecule has 1 heterocycles. The number of anilines is 1. The number of fused-ring (bicyclic) bond motifs is 1. The maximum Gasteiger partial charge on any atom is 0.418 e. The number of carbonyl (C=O) groups excluding carboxylic acids is 2. The van der Waals surface area contributed by atoms with Crippen LogP contribution in [0, 0.1) is 0 Å². The van der Waals surface area contributed by atoms with Crippen molar-refractivity contribution in [2.24, 2.45) is 5.73 Å². The Labute approximate surface area is 234 Å². The number of halogens is 3. The minimum atomic E-state index is -4.61. The summed E-state index contributed by atoms with van der Waals surface area (Å²) < 4.78 is 41.6. The Bertz CT molecular complexity index is 1720. The standard InChI is InChI=1S/C33H26F3N3O2/c34-33(35,36)28-11-5-10-26-30(27(20-39-31(26)28)32(41)23-7-2-1-3-8-23)24-9-4-6-21(18-24)19-38-25-14-12-22(13-15-25)29(40)16-17-37/h1-15,18,20,38H,16-17,19,37H2. The van der Waals surface area contributed by atoms with E-state index >= 15 is 0 Å². The lowest BCUT2D eigenvalue weighted by atomic mass is 9.90. The summed E-state index contributed by atoms with van der Waals surface area (Å²) in [7, 11) is 0. The lowest BCUT2D eigenvalue weighted by Crippen LogP contribution is -2.09. The van der Waals surface area contributed by atoms with Crippen molar-refractivity contribution in [1.29, 1.82) is 0 Å². The Hall–Kier alpha value is -4.82. The Morgan fingerprint density at radius 1 is 0.829 bits per heavy atom. The third-order valence-electron chi connectivity index (χ3n) is 6.77. The number of nitrogens with two attached hydrogens (primary N) is 1. The molecule has 0 saturated heterocycles. The lowest BCUT2D eigenvalue weighted by Gasteiger charge is -2.16. The van der Waals surface area contributed by atoms with Crippen LogP contribution >= 0.6 is 0 Å². The number of pyridine rings is 1. The molecule has 5 aromatic rings. The smallest absolute Gasteiger partial charge is 0.381 e. The number of hydrogen-bond acceptors (Lipinski definition) is 5. The number of hydrogen-bond donors (Lipinski definition) is 2. The van der Waals surface area contributed by atoms with E-state index in [1.165, 1.54) is 12.3 Å². The Morgan fingerprint density at radius 2 is 1.56 bits per heavy atom. The van der Waals surface area contributed by atoms with Gasteiger partial charge in [-0.1, -0.05) is 60.7 Å². The zero-order chi connectivity index (χ0) is 29.0. The van der Waals surface area contributed by atoms with E-state index in [1.807, 2.05) is 12.1 Å². The normalized spacial score (nSPS) is 11.4. The number of Topliss-reactive ketones (excluding diaryl/α,β-unsaturated/α-hetero) is 1. The molecule has 0 saturated carbocycles. The second-order valence-corrected chi connectivity index (χ2v) is 9.53. The molecule has 0 radical (unpaired) electrons. The third-order valence-corrected chi connectivity index (χ3v) is 6.77. The molecule has 0 bridgehead atoms. The number of ketones is 2. The van der Waals surface area contributed by atoms with Crippen molar-refractivity contribution >= 4 is 28.2 Å². The van der Waals surface area contributed by atoms with Gasteiger partial charge in [0.25, 0.3) is 0 Å². The SMILES string of the molecule is NCCC(=O)c1ccc(NCc2cccc(-c3c(C(=O)c4ccccc4)cnc4c(C(F)(F)F)cccc34)c2)cc1. The van der Waals surface area contributed by atoms with Gasteiger partial charge in [-0.2, -0.15) is 13.2 Å². The quantitative estimate of drug-likeness (QED) is 0.187. The summed E-state index contributed by atoms with van der Waals surface area (Å²) in [6.07, 6.45) is -3.09. The number of benzene rings is 4. The predicted octanol–water partition coefficient (Wildman–Crippen LogP) is 7.30. The number of rotatable bonds is 9. The summed E-state index contributed by atoms with van der Waals surface area (Å²) in [5, 5.41) is 3.54. The fourth-order valence-electron chi connectivity index (χ4n) is 4.77. The molecular formula is C33H26F3N3O2. The van der Waals surface area contributed by atoms with Gasteiger partial charge >= 0.3 is 6.18 Å². The van der Waals surface area contributed by atoms with Crippen LogP contribution in [0.25, 0.3) is 22.0 Å². The molecule has 0 atom stereocenters. The van der Waals surface area contributed by atoms with Crippen LogP contribution in [0.2, 0.25) is 0 Å². The van der Waals surface area contributed by atoms with E-state index in [-0.39, 0.29) is 41.0 Å². The highest BCUT2D eigenvalue weighted by Crippen LogP contribution is 2.39. The lowest BCUT2D eigenvalue weighted by molar-refractivity contribution is -0.136. The van der Waals surface area contributed by atoms with Crippen molar-refractivity contribution in [2.45, 2.75) is 19.1 Å². The van der Waals surface area contributed by atoms with E-state index in [2.05, 4.69) is 10.3 Å². The van der Waals surface area contributed by atoms with Gasteiger partial charge < -0.3 is 11.1 Å². The molecule has 206 valence electrons. The van der Waals surface area contributed by atoms with Gasteiger partial charge in [-0.15, -0.1) is 0 Å². The molecule has 0 fully saturated rings. The number of carbonyl (C=O) groups is 2. The molecule has 5 nitrogen and oxygen atoms in total. The molecule has 0 aliphatic heterocycles. The van der Waals surface area contributed by atoms with Crippen LogP contribution < -0.4 is 11.1 Å². The molecule has 41 heavy (non-hydrogen) atoms. The van der Waals surface area contributed by atoms with Gasteiger partial charge in [-0.25, -0.2) is 0 Å². The van der Waals surface area contributed by atoms with Crippen LogP contribution in [-0.2, 0) is 12.7 Å². The first-order chi connectivity index (χ1) is 19.8.